The number of sulfone groups is 1. The Morgan fingerprint density at radius 3 is 2.53 bits per heavy atom. The molecule has 0 saturated heterocycles. The molecule has 0 aliphatic heterocycles. The van der Waals surface area contributed by atoms with Crippen molar-refractivity contribution in [3.05, 3.63) is 65.2 Å². The topological polar surface area (TPSA) is 115 Å². The van der Waals surface area contributed by atoms with E-state index in [1.807, 2.05) is 19.9 Å². The highest BCUT2D eigenvalue weighted by Crippen LogP contribution is 2.30. The van der Waals surface area contributed by atoms with Crippen molar-refractivity contribution in [3.63, 3.8) is 0 Å². The van der Waals surface area contributed by atoms with Gasteiger partial charge in [0.05, 0.1) is 33.0 Å². The van der Waals surface area contributed by atoms with E-state index in [-0.39, 0.29) is 35.2 Å². The Balaban J connectivity index is 1.53. The maximum atomic E-state index is 13.0. The first kappa shape index (κ1) is 21.8. The highest BCUT2D eigenvalue weighted by molar-refractivity contribution is 7.91. The Hall–Kier alpha value is -3.46. The number of aryl methyl sites for hydroxylation is 3. The average molecular weight is 454 g/mol. The minimum Gasteiger partial charge on any atom is -0.466 e. The lowest BCUT2D eigenvalue weighted by Crippen LogP contribution is -2.26. The zero-order chi connectivity index (χ0) is 22.9. The van der Waals surface area contributed by atoms with Gasteiger partial charge in [-0.2, -0.15) is 0 Å². The molecule has 0 unspecified atom stereocenters. The van der Waals surface area contributed by atoms with E-state index in [9.17, 15) is 13.2 Å². The summed E-state index contributed by atoms with van der Waals surface area (Å²) in [6, 6.07) is 11.8. The van der Waals surface area contributed by atoms with Crippen LogP contribution in [0.3, 0.4) is 0 Å². The average Bonchev–Trinajstić information content (AvgIpc) is 3.32. The fourth-order valence-corrected chi connectivity index (χ4v) is 4.93. The molecular formula is C23H23N3O5S. The number of aromatic nitrogens is 2. The molecule has 9 heteroatoms. The van der Waals surface area contributed by atoms with Crippen LogP contribution >= 0.6 is 0 Å². The van der Waals surface area contributed by atoms with E-state index in [2.05, 4.69) is 15.5 Å². The number of carbonyl (C=O) groups is 1. The number of benzene rings is 1. The standard InChI is InChI=1S/C23H23N3O5S/c1-14-12-18(16(3)30-14)20-13-19(21-15(2)26-31-23(21)25-20)22(27)24-10-7-11-32(28,29)17-8-5-4-6-9-17/h4-6,8-9,12-13H,7,10-11H2,1-3H3,(H,24,27). The zero-order valence-corrected chi connectivity index (χ0v) is 18.8. The predicted molar refractivity (Wildman–Crippen MR) is 119 cm³/mol. The van der Waals surface area contributed by atoms with E-state index in [0.29, 0.717) is 28.1 Å². The summed E-state index contributed by atoms with van der Waals surface area (Å²) in [6.07, 6.45) is 0.284. The number of nitrogens with zero attached hydrogens (tertiary/aromatic N) is 2. The summed E-state index contributed by atoms with van der Waals surface area (Å²) in [4.78, 5) is 17.8. The van der Waals surface area contributed by atoms with Crippen molar-refractivity contribution in [1.29, 1.82) is 0 Å². The summed E-state index contributed by atoms with van der Waals surface area (Å²) in [5, 5.41) is 7.28. The van der Waals surface area contributed by atoms with Gasteiger partial charge in [-0.1, -0.05) is 23.4 Å². The van der Waals surface area contributed by atoms with Crippen molar-refractivity contribution in [2.75, 3.05) is 12.3 Å². The first-order chi connectivity index (χ1) is 15.3. The fourth-order valence-electron chi connectivity index (χ4n) is 3.60. The molecule has 0 saturated carbocycles. The maximum Gasteiger partial charge on any atom is 0.259 e. The van der Waals surface area contributed by atoms with Crippen LogP contribution in [0, 0.1) is 20.8 Å². The number of fused-ring (bicyclic) bond motifs is 1. The summed E-state index contributed by atoms with van der Waals surface area (Å²) in [6.45, 7) is 5.61. The molecule has 0 radical (unpaired) electrons. The second-order valence-corrected chi connectivity index (χ2v) is 9.68. The van der Waals surface area contributed by atoms with E-state index < -0.39 is 9.84 Å². The van der Waals surface area contributed by atoms with Crippen molar-refractivity contribution in [2.45, 2.75) is 32.1 Å². The van der Waals surface area contributed by atoms with Crippen LogP contribution in [-0.4, -0.2) is 36.8 Å². The van der Waals surface area contributed by atoms with Gasteiger partial charge in [0.15, 0.2) is 9.84 Å². The van der Waals surface area contributed by atoms with Gasteiger partial charge in [-0.3, -0.25) is 4.79 Å². The molecule has 166 valence electrons. The first-order valence-corrected chi connectivity index (χ1v) is 11.8. The number of furan rings is 1. The number of carbonyl (C=O) groups excluding carboxylic acids is 1. The van der Waals surface area contributed by atoms with Crippen molar-refractivity contribution >= 4 is 26.8 Å². The molecule has 0 atom stereocenters. The van der Waals surface area contributed by atoms with Crippen LogP contribution in [0.5, 0.6) is 0 Å². The minimum atomic E-state index is -3.40. The molecule has 32 heavy (non-hydrogen) atoms. The van der Waals surface area contributed by atoms with E-state index in [0.717, 1.165) is 11.3 Å². The van der Waals surface area contributed by atoms with Crippen LogP contribution < -0.4 is 5.32 Å². The maximum absolute atomic E-state index is 13.0. The van der Waals surface area contributed by atoms with Crippen LogP contribution in [0.15, 0.2) is 56.3 Å². The fraction of sp³-hybridized carbons (Fsp3) is 0.261. The molecule has 0 spiro atoms. The number of hydrogen-bond acceptors (Lipinski definition) is 7. The molecule has 1 amide bonds. The molecular weight excluding hydrogens is 430 g/mol. The molecule has 0 aliphatic rings. The first-order valence-electron chi connectivity index (χ1n) is 10.2. The van der Waals surface area contributed by atoms with E-state index in [1.165, 1.54) is 0 Å². The lowest BCUT2D eigenvalue weighted by Gasteiger charge is -2.09. The highest BCUT2D eigenvalue weighted by atomic mass is 32.2. The van der Waals surface area contributed by atoms with Gasteiger partial charge in [-0.15, -0.1) is 0 Å². The van der Waals surface area contributed by atoms with E-state index in [4.69, 9.17) is 8.94 Å². The van der Waals surface area contributed by atoms with Gasteiger partial charge >= 0.3 is 0 Å². The highest BCUT2D eigenvalue weighted by Gasteiger charge is 2.21. The summed E-state index contributed by atoms with van der Waals surface area (Å²) < 4.78 is 35.7. The van der Waals surface area contributed by atoms with Gasteiger partial charge in [0.2, 0.25) is 0 Å². The lowest BCUT2D eigenvalue weighted by molar-refractivity contribution is 0.0955. The molecule has 1 aromatic carbocycles. The van der Waals surface area contributed by atoms with Crippen molar-refractivity contribution in [2.24, 2.45) is 0 Å². The number of hydrogen-bond donors (Lipinski definition) is 1. The zero-order valence-electron chi connectivity index (χ0n) is 18.0. The Morgan fingerprint density at radius 2 is 1.84 bits per heavy atom. The van der Waals surface area contributed by atoms with Crippen LogP contribution in [0.2, 0.25) is 0 Å². The van der Waals surface area contributed by atoms with Crippen molar-refractivity contribution in [3.8, 4) is 11.3 Å². The third-order valence-electron chi connectivity index (χ3n) is 5.16. The summed E-state index contributed by atoms with van der Waals surface area (Å²) in [5.41, 5.74) is 2.49. The largest absolute Gasteiger partial charge is 0.466 e. The molecule has 1 N–H and O–H groups in total. The van der Waals surface area contributed by atoms with Gasteiger partial charge in [-0.05, 0) is 51.5 Å². The second-order valence-electron chi connectivity index (χ2n) is 7.57. The van der Waals surface area contributed by atoms with Gasteiger partial charge in [-0.25, -0.2) is 13.4 Å². The van der Waals surface area contributed by atoms with Crippen LogP contribution in [0.4, 0.5) is 0 Å². The molecule has 3 heterocycles. The number of rotatable bonds is 7. The summed E-state index contributed by atoms with van der Waals surface area (Å²) >= 11 is 0. The Bertz CT molecular complexity index is 1390. The van der Waals surface area contributed by atoms with Crippen molar-refractivity contribution < 1.29 is 22.2 Å². The third-order valence-corrected chi connectivity index (χ3v) is 6.97. The monoisotopic (exact) mass is 453 g/mol. The van der Waals surface area contributed by atoms with Gasteiger partial charge in [0.25, 0.3) is 11.6 Å². The van der Waals surface area contributed by atoms with Crippen LogP contribution in [0.1, 0.15) is 34.0 Å². The minimum absolute atomic E-state index is 0.0614. The number of pyridine rings is 1. The molecule has 0 aliphatic carbocycles. The van der Waals surface area contributed by atoms with Gasteiger partial charge in [0.1, 0.15) is 11.5 Å². The molecule has 0 bridgehead atoms. The second kappa shape index (κ2) is 8.58. The summed E-state index contributed by atoms with van der Waals surface area (Å²) in [7, 11) is -3.40. The van der Waals surface area contributed by atoms with E-state index in [1.54, 1.807) is 43.3 Å². The SMILES string of the molecule is Cc1cc(-c2cc(C(=O)NCCCS(=O)(=O)c3ccccc3)c3c(C)noc3n2)c(C)o1. The molecule has 0 fully saturated rings. The predicted octanol–water partition coefficient (Wildman–Crippen LogP) is 4.00. The Morgan fingerprint density at radius 1 is 1.09 bits per heavy atom. The van der Waals surface area contributed by atoms with E-state index >= 15 is 0 Å². The Labute approximate surface area is 185 Å². The summed E-state index contributed by atoms with van der Waals surface area (Å²) in [5.74, 6) is 1.01. The lowest BCUT2D eigenvalue weighted by atomic mass is 10.1. The molecule has 4 aromatic rings. The molecule has 4 rings (SSSR count). The van der Waals surface area contributed by atoms with Crippen LogP contribution in [-0.2, 0) is 9.84 Å². The quantitative estimate of drug-likeness (QED) is 0.421. The van der Waals surface area contributed by atoms with Crippen molar-refractivity contribution in [1.82, 2.24) is 15.5 Å². The number of nitrogens with one attached hydrogen (secondary N) is 1. The van der Waals surface area contributed by atoms with Gasteiger partial charge in [0, 0.05) is 12.1 Å². The normalized spacial score (nSPS) is 11.7. The third kappa shape index (κ3) is 4.29. The molecule has 3 aromatic heterocycles. The molecule has 8 nitrogen and oxygen atoms in total. The smallest absolute Gasteiger partial charge is 0.259 e. The Kier molecular flexibility index (Phi) is 5.84. The number of amides is 1. The van der Waals surface area contributed by atoms with Gasteiger partial charge < -0.3 is 14.3 Å². The van der Waals surface area contributed by atoms with Crippen LogP contribution in [0.25, 0.3) is 22.4 Å².